The summed E-state index contributed by atoms with van der Waals surface area (Å²) in [5, 5.41) is 2.97. The lowest BCUT2D eigenvalue weighted by Crippen LogP contribution is -2.08. The van der Waals surface area contributed by atoms with Crippen molar-refractivity contribution in [1.29, 1.82) is 0 Å². The van der Waals surface area contributed by atoms with E-state index in [4.69, 9.17) is 0 Å². The summed E-state index contributed by atoms with van der Waals surface area (Å²) in [6.07, 6.45) is 2.10. The van der Waals surface area contributed by atoms with Crippen LogP contribution in [-0.2, 0) is 12.8 Å². The van der Waals surface area contributed by atoms with E-state index in [0.717, 1.165) is 12.8 Å². The van der Waals surface area contributed by atoms with Gasteiger partial charge < -0.3 is 0 Å². The van der Waals surface area contributed by atoms with Gasteiger partial charge in [-0.15, -0.1) is 0 Å². The molecule has 7 rings (SSSR count). The van der Waals surface area contributed by atoms with Gasteiger partial charge in [0.2, 0.25) is 0 Å². The van der Waals surface area contributed by atoms with Gasteiger partial charge in [-0.05, 0) is 458 Å². The van der Waals surface area contributed by atoms with Crippen LogP contribution in [0.3, 0.4) is 0 Å². The monoisotopic (exact) mass is 1000 g/mol. The summed E-state index contributed by atoms with van der Waals surface area (Å²) in [5.41, 5.74) is 54.1. The van der Waals surface area contributed by atoms with Crippen LogP contribution in [0.15, 0.2) is 6.07 Å². The third-order valence-electron chi connectivity index (χ3n) is 21.3. The smallest absolute Gasteiger partial charge is 0.00149 e. The quantitative estimate of drug-likeness (QED) is 0.165. The largest absolute Gasteiger partial charge is 0.0552 e. The summed E-state index contributed by atoms with van der Waals surface area (Å²) >= 11 is 0. The highest BCUT2D eigenvalue weighted by Crippen LogP contribution is 2.38. The maximum atomic E-state index is 2.39. The number of fused-ring (bicyclic) bond motifs is 1. The molecule has 7 aromatic rings. The molecule has 0 aromatic heterocycles. The van der Waals surface area contributed by atoms with Crippen molar-refractivity contribution in [1.82, 2.24) is 0 Å². The first-order chi connectivity index (χ1) is 34.5. The maximum Gasteiger partial charge on any atom is -0.00149 e. The van der Waals surface area contributed by atoms with Gasteiger partial charge in [0.15, 0.2) is 0 Å². The highest BCUT2D eigenvalue weighted by Gasteiger charge is 2.20. The molecule has 0 aliphatic rings. The highest BCUT2D eigenvalue weighted by molar-refractivity contribution is 5.97. The van der Waals surface area contributed by atoms with Gasteiger partial charge in [-0.25, -0.2) is 0 Å². The molecule has 0 heteroatoms. The molecule has 0 bridgehead atoms. The summed E-state index contributed by atoms with van der Waals surface area (Å²) in [6.45, 7) is 74.5. The zero-order valence-corrected chi connectivity index (χ0v) is 54.5. The van der Waals surface area contributed by atoms with Gasteiger partial charge in [-0.1, -0.05) is 6.07 Å². The Morgan fingerprint density at radius 2 is 0.320 bits per heavy atom. The predicted octanol–water partition coefficient (Wildman–Crippen LogP) is 21.3. The molecular formula is C75H104. The van der Waals surface area contributed by atoms with Crippen LogP contribution < -0.4 is 0 Å². The van der Waals surface area contributed by atoms with Gasteiger partial charge >= 0.3 is 0 Å². The minimum Gasteiger partial charge on any atom is -0.0552 e. The van der Waals surface area contributed by atoms with Crippen LogP contribution in [0, 0.1) is 228 Å². The van der Waals surface area contributed by atoms with E-state index in [1.54, 1.807) is 0 Å². The normalized spacial score (nSPS) is 11.1. The van der Waals surface area contributed by atoms with E-state index in [0.29, 0.717) is 0 Å². The standard InChI is InChI=1S/C23H32.C22H30.C18H24.C12H18/c1-12-14(3)18(7)22(19(8)15(12)4)11-23-20(9)16(5)13(2)17(6)21(23)10;1-12-10-21(18(7)14(3)13(12)2)11-22-19(8)16(5)15(4)17(6)20(22)9;1-9-10(2)14(6)18-16(8)12(4)11(3)15(7)17(18)13(9)5;1-7-8(2)10(4)12(6)11(5)9(7)3/h11H2,1-10H3;10H,11H2,1-9H3;1-8H3;1-6H3. The summed E-state index contributed by atoms with van der Waals surface area (Å²) in [4.78, 5) is 0. The second kappa shape index (κ2) is 24.0. The fraction of sp³-hybridized carbons (Fsp3) is 0.467. The fourth-order valence-corrected chi connectivity index (χ4v) is 12.3. The van der Waals surface area contributed by atoms with E-state index in [2.05, 4.69) is 235 Å². The Balaban J connectivity index is 0.000000221. The van der Waals surface area contributed by atoms with Gasteiger partial charge in [-0.3, -0.25) is 0 Å². The summed E-state index contributed by atoms with van der Waals surface area (Å²) in [6, 6.07) is 2.39. The molecule has 0 aliphatic heterocycles. The Labute approximate surface area is 461 Å². The molecule has 0 fully saturated rings. The van der Waals surface area contributed by atoms with Crippen molar-refractivity contribution in [2.75, 3.05) is 0 Å². The van der Waals surface area contributed by atoms with Gasteiger partial charge in [0.1, 0.15) is 0 Å². The van der Waals surface area contributed by atoms with Crippen molar-refractivity contribution in [3.05, 3.63) is 212 Å². The van der Waals surface area contributed by atoms with Crippen LogP contribution in [0.5, 0.6) is 0 Å². The number of benzene rings is 7. The molecule has 404 valence electrons. The molecule has 7 aromatic carbocycles. The van der Waals surface area contributed by atoms with Crippen molar-refractivity contribution in [3.8, 4) is 0 Å². The van der Waals surface area contributed by atoms with Crippen molar-refractivity contribution >= 4 is 10.8 Å². The summed E-state index contributed by atoms with van der Waals surface area (Å²) < 4.78 is 0. The molecule has 0 N–H and O–H groups in total. The van der Waals surface area contributed by atoms with Gasteiger partial charge in [-0.2, -0.15) is 0 Å². The van der Waals surface area contributed by atoms with Crippen LogP contribution >= 0.6 is 0 Å². The zero-order valence-electron chi connectivity index (χ0n) is 54.5. The number of hydrogen-bond donors (Lipinski definition) is 0. The average Bonchev–Trinajstić information content (AvgIpc) is 3.39. The zero-order chi connectivity index (χ0) is 57.6. The summed E-state index contributed by atoms with van der Waals surface area (Å²) in [7, 11) is 0. The Morgan fingerprint density at radius 3 is 0.533 bits per heavy atom. The lowest BCUT2D eigenvalue weighted by Gasteiger charge is -2.23. The second-order valence-corrected chi connectivity index (χ2v) is 23.9. The van der Waals surface area contributed by atoms with E-state index in [-0.39, 0.29) is 0 Å². The third-order valence-corrected chi connectivity index (χ3v) is 21.3. The first kappa shape index (κ1) is 62.3. The molecule has 75 heavy (non-hydrogen) atoms. The van der Waals surface area contributed by atoms with E-state index in [9.17, 15) is 0 Å². The Bertz CT molecular complexity index is 3030. The Kier molecular flexibility index (Phi) is 19.9. The topological polar surface area (TPSA) is 0 Å². The highest BCUT2D eigenvalue weighted by atomic mass is 14.2. The third kappa shape index (κ3) is 11.6. The molecule has 0 heterocycles. The molecule has 0 saturated carbocycles. The van der Waals surface area contributed by atoms with Gasteiger partial charge in [0, 0.05) is 0 Å². The van der Waals surface area contributed by atoms with E-state index >= 15 is 0 Å². The molecule has 0 radical (unpaired) electrons. The minimum absolute atomic E-state index is 1.05. The Morgan fingerprint density at radius 1 is 0.160 bits per heavy atom. The molecule has 0 amide bonds. The second-order valence-electron chi connectivity index (χ2n) is 23.9. The summed E-state index contributed by atoms with van der Waals surface area (Å²) in [5.74, 6) is 0. The van der Waals surface area contributed by atoms with Crippen LogP contribution in [0.1, 0.15) is 206 Å². The van der Waals surface area contributed by atoms with E-state index in [1.807, 2.05) is 0 Å². The van der Waals surface area contributed by atoms with Crippen LogP contribution in [0.4, 0.5) is 0 Å². The van der Waals surface area contributed by atoms with Crippen molar-refractivity contribution in [3.63, 3.8) is 0 Å². The van der Waals surface area contributed by atoms with Crippen molar-refractivity contribution in [2.24, 2.45) is 0 Å². The minimum atomic E-state index is 1.05. The lowest BCUT2D eigenvalue weighted by atomic mass is 9.82. The van der Waals surface area contributed by atoms with Crippen molar-refractivity contribution in [2.45, 2.75) is 241 Å². The average molecular weight is 1010 g/mol. The van der Waals surface area contributed by atoms with Crippen LogP contribution in [0.2, 0.25) is 0 Å². The van der Waals surface area contributed by atoms with Crippen molar-refractivity contribution < 1.29 is 0 Å². The Hall–Kier alpha value is -5.20. The molecule has 0 atom stereocenters. The van der Waals surface area contributed by atoms with E-state index in [1.165, 1.54) is 217 Å². The number of rotatable bonds is 4. The molecule has 0 saturated heterocycles. The molecule has 0 spiro atoms. The van der Waals surface area contributed by atoms with E-state index < -0.39 is 0 Å². The number of hydrogen-bond acceptors (Lipinski definition) is 0. The molecule has 0 unspecified atom stereocenters. The predicted molar refractivity (Wildman–Crippen MR) is 338 cm³/mol. The molecule has 0 aliphatic carbocycles. The number of aryl methyl sites for hydroxylation is 5. The lowest BCUT2D eigenvalue weighted by molar-refractivity contribution is 1.02. The fourth-order valence-electron chi connectivity index (χ4n) is 12.3. The van der Waals surface area contributed by atoms with Gasteiger partial charge in [0.25, 0.3) is 0 Å². The first-order valence-electron chi connectivity index (χ1n) is 28.2. The molecule has 0 nitrogen and oxygen atoms in total. The maximum absolute atomic E-state index is 2.39. The SMILES string of the molecule is Cc1c(C)c(C)c(C)c(C)c1C.Cc1c(C)c(C)c(Cc2c(C)c(C)c(C)c(C)c2C)c(C)c1C.Cc1c(C)c(C)c2c(C)c(C)c(C)c(C)c2c1C.Cc1cc(Cc2c(C)c(C)c(C)c(C)c2C)c(C)c(C)c1C. The molecular weight excluding hydrogens is 901 g/mol. The van der Waals surface area contributed by atoms with Crippen LogP contribution in [-0.4, -0.2) is 0 Å². The van der Waals surface area contributed by atoms with Gasteiger partial charge in [0.05, 0.1) is 0 Å². The van der Waals surface area contributed by atoms with Crippen LogP contribution in [0.25, 0.3) is 10.8 Å². The first-order valence-corrected chi connectivity index (χ1v) is 28.2.